The predicted octanol–water partition coefficient (Wildman–Crippen LogP) is 1.78. The van der Waals surface area contributed by atoms with Crippen molar-refractivity contribution in [3.63, 3.8) is 0 Å². The molecule has 0 bridgehead atoms. The van der Waals surface area contributed by atoms with Crippen molar-refractivity contribution in [3.8, 4) is 6.07 Å². The maximum atomic E-state index is 12.3. The first-order valence-corrected chi connectivity index (χ1v) is 10.5. The summed E-state index contributed by atoms with van der Waals surface area (Å²) in [6.45, 7) is 3.58. The van der Waals surface area contributed by atoms with Crippen molar-refractivity contribution in [2.75, 3.05) is 24.3 Å². The molecule has 0 amide bonds. The third-order valence-corrected chi connectivity index (χ3v) is 6.45. The van der Waals surface area contributed by atoms with Gasteiger partial charge in [-0.05, 0) is 25.8 Å². The second-order valence-electron chi connectivity index (χ2n) is 5.31. The lowest BCUT2D eigenvalue weighted by molar-refractivity contribution is -0.138. The van der Waals surface area contributed by atoms with Gasteiger partial charge in [-0.25, -0.2) is 18.0 Å². The summed E-state index contributed by atoms with van der Waals surface area (Å²) in [5, 5.41) is 12.2. The summed E-state index contributed by atoms with van der Waals surface area (Å²) in [5.41, 5.74) is 0.619. The summed E-state index contributed by atoms with van der Waals surface area (Å²) in [6, 6.07) is 1.72. The molecule has 0 radical (unpaired) electrons. The Kier molecular flexibility index (Phi) is 6.39. The highest BCUT2D eigenvalue weighted by molar-refractivity contribution is 7.90. The Bertz CT molecular complexity index is 893. The van der Waals surface area contributed by atoms with Crippen molar-refractivity contribution in [1.29, 1.82) is 5.26 Å². The van der Waals surface area contributed by atoms with Crippen LogP contribution in [0.25, 0.3) is 0 Å². The molecule has 10 heteroatoms. The number of hydrogen-bond acceptors (Lipinski definition) is 9. The van der Waals surface area contributed by atoms with Crippen molar-refractivity contribution >= 4 is 38.1 Å². The molecule has 140 valence electrons. The minimum absolute atomic E-state index is 0.0370. The molecule has 0 fully saturated rings. The van der Waals surface area contributed by atoms with Gasteiger partial charge in [0.05, 0.1) is 30.3 Å². The van der Waals surface area contributed by atoms with Gasteiger partial charge in [-0.3, -0.25) is 0 Å². The maximum Gasteiger partial charge on any atom is 0.350 e. The molecule has 0 unspecified atom stereocenters. The molecular weight excluding hydrogens is 380 g/mol. The van der Waals surface area contributed by atoms with E-state index in [2.05, 4.69) is 5.32 Å². The second-order valence-corrected chi connectivity index (χ2v) is 8.59. The fourth-order valence-corrected chi connectivity index (χ4v) is 5.43. The van der Waals surface area contributed by atoms with Crippen LogP contribution in [0.5, 0.6) is 0 Å². The van der Waals surface area contributed by atoms with Crippen molar-refractivity contribution in [1.82, 2.24) is 0 Å². The number of ether oxygens (including phenoxy) is 2. The lowest BCUT2D eigenvalue weighted by atomic mass is 10.1. The Labute approximate surface area is 155 Å². The topological polar surface area (TPSA) is 123 Å². The quantitative estimate of drug-likeness (QED) is 0.437. The first-order valence-electron chi connectivity index (χ1n) is 7.89. The Morgan fingerprint density at radius 3 is 2.62 bits per heavy atom. The first-order chi connectivity index (χ1) is 12.3. The molecular formula is C16H18N2O6S2. The Hall–Kier alpha value is -2.38. The van der Waals surface area contributed by atoms with E-state index in [0.29, 0.717) is 15.4 Å². The third-order valence-electron chi connectivity index (χ3n) is 3.55. The molecule has 2 heterocycles. The van der Waals surface area contributed by atoms with E-state index in [1.165, 1.54) is 0 Å². The molecule has 0 aromatic carbocycles. The zero-order chi connectivity index (χ0) is 19.3. The zero-order valence-corrected chi connectivity index (χ0v) is 16.0. The zero-order valence-electron chi connectivity index (χ0n) is 14.3. The Morgan fingerprint density at radius 1 is 1.31 bits per heavy atom. The number of rotatable bonds is 6. The fourth-order valence-electron chi connectivity index (χ4n) is 2.43. The number of nitrogens with zero attached hydrogens (tertiary/aromatic N) is 1. The van der Waals surface area contributed by atoms with E-state index in [4.69, 9.17) is 14.7 Å². The summed E-state index contributed by atoms with van der Waals surface area (Å²) in [4.78, 5) is 24.6. The number of sulfone groups is 1. The van der Waals surface area contributed by atoms with Crippen LogP contribution in [0.15, 0.2) is 11.8 Å². The van der Waals surface area contributed by atoms with Crippen molar-refractivity contribution in [2.24, 2.45) is 0 Å². The van der Waals surface area contributed by atoms with Gasteiger partial charge in [-0.2, -0.15) is 5.26 Å². The van der Waals surface area contributed by atoms with Gasteiger partial charge < -0.3 is 14.8 Å². The van der Waals surface area contributed by atoms with Gasteiger partial charge in [0, 0.05) is 11.1 Å². The largest absolute Gasteiger partial charge is 0.462 e. The molecule has 0 spiro atoms. The number of nitrogens with one attached hydrogen (secondary N) is 1. The first kappa shape index (κ1) is 19.9. The molecule has 0 atom stereocenters. The Balaban J connectivity index is 2.41. The van der Waals surface area contributed by atoms with Crippen LogP contribution in [0.3, 0.4) is 0 Å². The third kappa shape index (κ3) is 4.42. The van der Waals surface area contributed by atoms with E-state index in [9.17, 15) is 18.0 Å². The summed E-state index contributed by atoms with van der Waals surface area (Å²) in [5.74, 6) is -1.54. The molecule has 1 aliphatic heterocycles. The maximum absolute atomic E-state index is 12.3. The lowest BCUT2D eigenvalue weighted by Gasteiger charge is -2.13. The van der Waals surface area contributed by atoms with Gasteiger partial charge in [0.2, 0.25) is 0 Å². The monoisotopic (exact) mass is 398 g/mol. The van der Waals surface area contributed by atoms with Gasteiger partial charge in [0.15, 0.2) is 15.4 Å². The van der Waals surface area contributed by atoms with Gasteiger partial charge in [0.25, 0.3) is 0 Å². The summed E-state index contributed by atoms with van der Waals surface area (Å²) in [7, 11) is -3.21. The summed E-state index contributed by atoms with van der Waals surface area (Å²) in [6.07, 6.45) is 1.36. The number of hydrogen-bond donors (Lipinski definition) is 1. The van der Waals surface area contributed by atoms with Crippen LogP contribution in [0, 0.1) is 11.3 Å². The molecule has 26 heavy (non-hydrogen) atoms. The van der Waals surface area contributed by atoms with Crippen LogP contribution in [-0.2, 0) is 36.3 Å². The standard InChI is InChI=1S/C16H18N2O6S2/c1-3-23-15(19)10(7-17)8-18-14-13(16(20)24-4-2)11-5-6-26(21,22)9-12(11)25-14/h8,18H,3-6,9H2,1-2H3/b10-8+. The Morgan fingerprint density at radius 2 is 2.00 bits per heavy atom. The number of carbonyl (C=O) groups is 2. The van der Waals surface area contributed by atoms with E-state index in [-0.39, 0.29) is 42.3 Å². The average molecular weight is 398 g/mol. The van der Waals surface area contributed by atoms with Crippen LogP contribution in [0.1, 0.15) is 34.6 Å². The van der Waals surface area contributed by atoms with E-state index in [0.717, 1.165) is 17.5 Å². The number of thiophene rings is 1. The molecule has 1 aromatic rings. The number of nitriles is 1. The molecule has 0 saturated carbocycles. The lowest BCUT2D eigenvalue weighted by Crippen LogP contribution is -2.19. The smallest absolute Gasteiger partial charge is 0.350 e. The highest BCUT2D eigenvalue weighted by Gasteiger charge is 2.31. The fraction of sp³-hybridized carbons (Fsp3) is 0.438. The average Bonchev–Trinajstić information content (AvgIpc) is 2.92. The second kappa shape index (κ2) is 8.33. The number of esters is 2. The van der Waals surface area contributed by atoms with Gasteiger partial charge in [-0.1, -0.05) is 0 Å². The molecule has 8 nitrogen and oxygen atoms in total. The SMILES string of the molecule is CCOC(=O)/C(C#N)=C/Nc1sc2c(c1C(=O)OCC)CCS(=O)(=O)C2. The normalized spacial score (nSPS) is 15.5. The van der Waals surface area contributed by atoms with Crippen LogP contribution < -0.4 is 5.32 Å². The van der Waals surface area contributed by atoms with E-state index in [1.807, 2.05) is 0 Å². The van der Waals surface area contributed by atoms with Crippen LogP contribution in [-0.4, -0.2) is 39.3 Å². The molecule has 0 saturated heterocycles. The van der Waals surface area contributed by atoms with Crippen LogP contribution in [0.2, 0.25) is 0 Å². The van der Waals surface area contributed by atoms with Crippen LogP contribution in [0.4, 0.5) is 5.00 Å². The number of carbonyl (C=O) groups excluding carboxylic acids is 2. The van der Waals surface area contributed by atoms with Gasteiger partial charge >= 0.3 is 11.9 Å². The van der Waals surface area contributed by atoms with Gasteiger partial charge in [0.1, 0.15) is 11.1 Å². The van der Waals surface area contributed by atoms with Crippen molar-refractivity contribution in [3.05, 3.63) is 27.8 Å². The molecule has 1 aliphatic rings. The van der Waals surface area contributed by atoms with Crippen molar-refractivity contribution < 1.29 is 27.5 Å². The number of fused-ring (bicyclic) bond motifs is 1. The number of anilines is 1. The van der Waals surface area contributed by atoms with Gasteiger partial charge in [-0.15, -0.1) is 11.3 Å². The minimum Gasteiger partial charge on any atom is -0.462 e. The predicted molar refractivity (Wildman–Crippen MR) is 95.4 cm³/mol. The summed E-state index contributed by atoms with van der Waals surface area (Å²) >= 11 is 1.10. The highest BCUT2D eigenvalue weighted by atomic mass is 32.2. The molecule has 0 aliphatic carbocycles. The van der Waals surface area contributed by atoms with Crippen LogP contribution >= 0.6 is 11.3 Å². The van der Waals surface area contributed by atoms with E-state index < -0.39 is 21.8 Å². The highest BCUT2D eigenvalue weighted by Crippen LogP contribution is 2.38. The van der Waals surface area contributed by atoms with E-state index in [1.54, 1.807) is 19.9 Å². The van der Waals surface area contributed by atoms with E-state index >= 15 is 0 Å². The minimum atomic E-state index is -3.21. The van der Waals surface area contributed by atoms with Crippen molar-refractivity contribution in [2.45, 2.75) is 26.0 Å². The molecule has 1 aromatic heterocycles. The molecule has 2 rings (SSSR count). The summed E-state index contributed by atoms with van der Waals surface area (Å²) < 4.78 is 33.5. The molecule has 1 N–H and O–H groups in total.